The zero-order chi connectivity index (χ0) is 18.5. The lowest BCUT2D eigenvalue weighted by Crippen LogP contribution is -2.40. The first-order valence-corrected chi connectivity index (χ1v) is 8.21. The average molecular weight is 361 g/mol. The van der Waals surface area contributed by atoms with Gasteiger partial charge in [0.25, 0.3) is 0 Å². The summed E-state index contributed by atoms with van der Waals surface area (Å²) < 4.78 is 31.8. The minimum atomic E-state index is -0.850. The van der Waals surface area contributed by atoms with Gasteiger partial charge in [-0.1, -0.05) is 0 Å². The molecule has 0 bridgehead atoms. The molecule has 26 heavy (non-hydrogen) atoms. The third-order valence-corrected chi connectivity index (χ3v) is 4.16. The summed E-state index contributed by atoms with van der Waals surface area (Å²) >= 11 is 0. The van der Waals surface area contributed by atoms with Crippen molar-refractivity contribution in [2.24, 2.45) is 5.92 Å². The number of carbonyl (C=O) groups is 2. The Morgan fingerprint density at radius 2 is 2.00 bits per heavy atom. The molecule has 6 nitrogen and oxygen atoms in total. The Hall–Kier alpha value is -2.90. The first kappa shape index (κ1) is 17.9. The van der Waals surface area contributed by atoms with E-state index in [1.807, 2.05) is 4.90 Å². The van der Waals surface area contributed by atoms with Crippen LogP contribution in [-0.4, -0.2) is 41.4 Å². The number of esters is 1. The van der Waals surface area contributed by atoms with E-state index in [-0.39, 0.29) is 0 Å². The van der Waals surface area contributed by atoms with E-state index < -0.39 is 41.5 Å². The van der Waals surface area contributed by atoms with Crippen LogP contribution in [0.4, 0.5) is 14.7 Å². The molecule has 1 aromatic carbocycles. The van der Waals surface area contributed by atoms with Gasteiger partial charge in [-0.3, -0.25) is 9.59 Å². The predicted octanol–water partition coefficient (Wildman–Crippen LogP) is 2.40. The highest BCUT2D eigenvalue weighted by molar-refractivity contribution is 5.98. The summed E-state index contributed by atoms with van der Waals surface area (Å²) in [7, 11) is 0. The van der Waals surface area contributed by atoms with Crippen molar-refractivity contribution in [3.05, 3.63) is 53.9 Å². The van der Waals surface area contributed by atoms with Crippen LogP contribution < -0.4 is 4.90 Å². The van der Waals surface area contributed by atoms with Crippen molar-refractivity contribution in [1.82, 2.24) is 9.97 Å². The Balaban J connectivity index is 1.57. The number of nitrogens with zero attached hydrogens (tertiary/aromatic N) is 3. The molecular formula is C18H17F2N3O3. The molecule has 1 saturated heterocycles. The predicted molar refractivity (Wildman–Crippen MR) is 88.6 cm³/mol. The number of hydrogen-bond acceptors (Lipinski definition) is 6. The summed E-state index contributed by atoms with van der Waals surface area (Å²) in [5.41, 5.74) is -0.430. The second-order valence-corrected chi connectivity index (χ2v) is 5.99. The fraction of sp³-hybridized carbons (Fsp3) is 0.333. The van der Waals surface area contributed by atoms with Crippen molar-refractivity contribution in [2.75, 3.05) is 24.6 Å². The SMILES string of the molecule is O=C(COC(=O)[C@H]1CCCN(c2ncccn2)C1)c1cc(F)ccc1F. The van der Waals surface area contributed by atoms with E-state index >= 15 is 0 Å². The smallest absolute Gasteiger partial charge is 0.311 e. The van der Waals surface area contributed by atoms with Gasteiger partial charge in [0.15, 0.2) is 6.61 Å². The molecule has 0 unspecified atom stereocenters. The molecule has 8 heteroatoms. The lowest BCUT2D eigenvalue weighted by molar-refractivity contribution is -0.147. The van der Waals surface area contributed by atoms with E-state index in [1.165, 1.54) is 0 Å². The van der Waals surface area contributed by atoms with Gasteiger partial charge in [-0.2, -0.15) is 0 Å². The van der Waals surface area contributed by atoms with E-state index in [1.54, 1.807) is 18.5 Å². The van der Waals surface area contributed by atoms with Crippen LogP contribution in [0.25, 0.3) is 0 Å². The molecule has 2 aromatic rings. The number of aromatic nitrogens is 2. The quantitative estimate of drug-likeness (QED) is 0.602. The summed E-state index contributed by atoms with van der Waals surface area (Å²) in [6.45, 7) is 0.476. The highest BCUT2D eigenvalue weighted by Crippen LogP contribution is 2.21. The number of carbonyl (C=O) groups excluding carboxylic acids is 2. The second kappa shape index (κ2) is 7.99. The van der Waals surface area contributed by atoms with Gasteiger partial charge in [0, 0.05) is 25.5 Å². The maximum absolute atomic E-state index is 13.6. The molecule has 0 aliphatic carbocycles. The first-order chi connectivity index (χ1) is 12.5. The molecule has 0 spiro atoms. The molecule has 0 N–H and O–H groups in total. The fourth-order valence-corrected chi connectivity index (χ4v) is 2.85. The third kappa shape index (κ3) is 4.19. The van der Waals surface area contributed by atoms with Gasteiger partial charge in [-0.15, -0.1) is 0 Å². The number of benzene rings is 1. The molecule has 3 rings (SSSR count). The molecule has 1 atom stereocenters. The number of ketones is 1. The molecule has 0 amide bonds. The van der Waals surface area contributed by atoms with E-state index in [2.05, 4.69) is 9.97 Å². The van der Waals surface area contributed by atoms with Crippen LogP contribution in [0.15, 0.2) is 36.7 Å². The minimum absolute atomic E-state index is 0.380. The van der Waals surface area contributed by atoms with E-state index in [9.17, 15) is 18.4 Å². The standard InChI is InChI=1S/C18H17F2N3O3/c19-13-4-5-15(20)14(9-13)16(24)11-26-17(25)12-3-1-8-23(10-12)18-21-6-2-7-22-18/h2,4-7,9,12H,1,3,8,10-11H2/t12-/m0/s1. The maximum Gasteiger partial charge on any atom is 0.311 e. The van der Waals surface area contributed by atoms with Crippen LogP contribution in [0.3, 0.4) is 0 Å². The summed E-state index contributed by atoms with van der Waals surface area (Å²) in [5.74, 6) is -2.81. The van der Waals surface area contributed by atoms with Gasteiger partial charge in [0.2, 0.25) is 11.7 Å². The van der Waals surface area contributed by atoms with Crippen LogP contribution >= 0.6 is 0 Å². The van der Waals surface area contributed by atoms with Crippen LogP contribution in [0.5, 0.6) is 0 Å². The van der Waals surface area contributed by atoms with Crippen LogP contribution in [0.2, 0.25) is 0 Å². The van der Waals surface area contributed by atoms with Gasteiger partial charge >= 0.3 is 5.97 Å². The van der Waals surface area contributed by atoms with E-state index in [0.717, 1.165) is 31.2 Å². The molecule has 2 heterocycles. The van der Waals surface area contributed by atoms with E-state index in [4.69, 9.17) is 4.74 Å². The molecule has 1 aliphatic rings. The van der Waals surface area contributed by atoms with Crippen LogP contribution in [-0.2, 0) is 9.53 Å². The highest BCUT2D eigenvalue weighted by atomic mass is 19.1. The molecule has 0 radical (unpaired) electrons. The number of halogens is 2. The lowest BCUT2D eigenvalue weighted by atomic mass is 9.98. The minimum Gasteiger partial charge on any atom is -0.457 e. The summed E-state index contributed by atoms with van der Waals surface area (Å²) in [5, 5.41) is 0. The Morgan fingerprint density at radius 3 is 2.77 bits per heavy atom. The van der Waals surface area contributed by atoms with Gasteiger partial charge < -0.3 is 9.64 Å². The van der Waals surface area contributed by atoms with Crippen molar-refractivity contribution in [1.29, 1.82) is 0 Å². The zero-order valence-electron chi connectivity index (χ0n) is 13.9. The second-order valence-electron chi connectivity index (χ2n) is 5.99. The number of piperidine rings is 1. The Bertz CT molecular complexity index is 802. The molecule has 1 fully saturated rings. The number of ether oxygens (including phenoxy) is 1. The topological polar surface area (TPSA) is 72.4 Å². The Labute approximate surface area is 148 Å². The van der Waals surface area contributed by atoms with E-state index in [0.29, 0.717) is 18.9 Å². The Morgan fingerprint density at radius 1 is 1.23 bits per heavy atom. The van der Waals surface area contributed by atoms with Crippen LogP contribution in [0, 0.1) is 17.6 Å². The van der Waals surface area contributed by atoms with Crippen molar-refractivity contribution in [3.8, 4) is 0 Å². The molecular weight excluding hydrogens is 344 g/mol. The van der Waals surface area contributed by atoms with Crippen molar-refractivity contribution < 1.29 is 23.1 Å². The van der Waals surface area contributed by atoms with Gasteiger partial charge in [-0.25, -0.2) is 18.7 Å². The highest BCUT2D eigenvalue weighted by Gasteiger charge is 2.29. The van der Waals surface area contributed by atoms with Gasteiger partial charge in [0.05, 0.1) is 11.5 Å². The van der Waals surface area contributed by atoms with Crippen molar-refractivity contribution >= 4 is 17.7 Å². The number of rotatable bonds is 5. The monoisotopic (exact) mass is 361 g/mol. The molecule has 136 valence electrons. The van der Waals surface area contributed by atoms with Gasteiger partial charge in [-0.05, 0) is 37.1 Å². The van der Waals surface area contributed by atoms with Crippen LogP contribution in [0.1, 0.15) is 23.2 Å². The summed E-state index contributed by atoms with van der Waals surface area (Å²) in [6, 6.07) is 4.28. The maximum atomic E-state index is 13.6. The lowest BCUT2D eigenvalue weighted by Gasteiger charge is -2.31. The zero-order valence-corrected chi connectivity index (χ0v) is 13.9. The molecule has 1 aromatic heterocycles. The van der Waals surface area contributed by atoms with Crippen molar-refractivity contribution in [2.45, 2.75) is 12.8 Å². The fourth-order valence-electron chi connectivity index (χ4n) is 2.85. The summed E-state index contributed by atoms with van der Waals surface area (Å²) in [4.78, 5) is 34.4. The Kier molecular flexibility index (Phi) is 5.50. The summed E-state index contributed by atoms with van der Waals surface area (Å²) in [6.07, 6.45) is 4.61. The average Bonchev–Trinajstić information content (AvgIpc) is 2.68. The number of Topliss-reactive ketones (excluding diaryl/α,β-unsaturated/α-hetero) is 1. The normalized spacial score (nSPS) is 17.0. The first-order valence-electron chi connectivity index (χ1n) is 8.21. The largest absolute Gasteiger partial charge is 0.457 e. The van der Waals surface area contributed by atoms with Gasteiger partial charge in [0.1, 0.15) is 11.6 Å². The number of hydrogen-bond donors (Lipinski definition) is 0. The molecule has 1 aliphatic heterocycles. The van der Waals surface area contributed by atoms with Crippen molar-refractivity contribution in [3.63, 3.8) is 0 Å². The molecule has 0 saturated carbocycles. The third-order valence-electron chi connectivity index (χ3n) is 4.16. The number of anilines is 1.